The number of hydrogen-bond donors (Lipinski definition) is 1. The fraction of sp³-hybridized carbons (Fsp3) is 0.533. The Hall–Kier alpha value is -1.79. The van der Waals surface area contributed by atoms with E-state index in [-0.39, 0.29) is 24.7 Å². The maximum Gasteiger partial charge on any atom is 0.231 e. The van der Waals surface area contributed by atoms with Crippen molar-refractivity contribution in [3.05, 3.63) is 23.8 Å². The number of fused-ring (bicyclic) bond motifs is 1. The minimum Gasteiger partial charge on any atom is -0.454 e. The number of carbonyl (C=O) groups is 1. The number of benzene rings is 1. The number of ether oxygens (including phenoxy) is 3. The van der Waals surface area contributed by atoms with Gasteiger partial charge in [0.05, 0.1) is 19.1 Å². The number of nitrogens with one attached hydrogen (secondary N) is 1. The lowest BCUT2D eigenvalue weighted by atomic mass is 10.0. The lowest BCUT2D eigenvalue weighted by Gasteiger charge is -2.23. The van der Waals surface area contributed by atoms with Crippen LogP contribution in [0.25, 0.3) is 0 Å². The van der Waals surface area contributed by atoms with Crippen molar-refractivity contribution in [2.45, 2.75) is 12.6 Å². The highest BCUT2D eigenvalue weighted by Gasteiger charge is 2.34. The summed E-state index contributed by atoms with van der Waals surface area (Å²) in [7, 11) is 3.68. The normalized spacial score (nSPS) is 23.3. The van der Waals surface area contributed by atoms with Crippen LogP contribution in [0.4, 0.5) is 0 Å². The molecule has 2 atom stereocenters. The molecule has 3 rings (SSSR count). The van der Waals surface area contributed by atoms with E-state index in [1.807, 2.05) is 32.3 Å². The second-order valence-electron chi connectivity index (χ2n) is 5.42. The topological polar surface area (TPSA) is 60.0 Å². The van der Waals surface area contributed by atoms with E-state index in [2.05, 4.69) is 5.32 Å². The number of carbonyl (C=O) groups excluding carboxylic acids is 1. The van der Waals surface area contributed by atoms with E-state index in [0.29, 0.717) is 19.8 Å². The van der Waals surface area contributed by atoms with Gasteiger partial charge >= 0.3 is 0 Å². The van der Waals surface area contributed by atoms with Gasteiger partial charge in [0.2, 0.25) is 12.7 Å². The van der Waals surface area contributed by atoms with Gasteiger partial charge in [-0.05, 0) is 24.7 Å². The Morgan fingerprint density at radius 1 is 1.33 bits per heavy atom. The summed E-state index contributed by atoms with van der Waals surface area (Å²) in [5.41, 5.74) is 1.02. The van der Waals surface area contributed by atoms with Crippen LogP contribution in [-0.2, 0) is 16.1 Å². The van der Waals surface area contributed by atoms with E-state index in [1.54, 1.807) is 4.90 Å². The average molecular weight is 292 g/mol. The van der Waals surface area contributed by atoms with Crippen LogP contribution in [0.3, 0.4) is 0 Å². The molecule has 1 N–H and O–H groups in total. The molecule has 1 aromatic carbocycles. The zero-order valence-electron chi connectivity index (χ0n) is 12.3. The summed E-state index contributed by atoms with van der Waals surface area (Å²) in [6.07, 6.45) is 0. The van der Waals surface area contributed by atoms with Gasteiger partial charge in [-0.1, -0.05) is 6.07 Å². The second kappa shape index (κ2) is 5.91. The molecule has 0 bridgehead atoms. The summed E-state index contributed by atoms with van der Waals surface area (Å²) in [6.45, 7) is 1.87. The van der Waals surface area contributed by atoms with Crippen LogP contribution in [0.2, 0.25) is 0 Å². The molecule has 21 heavy (non-hydrogen) atoms. The fourth-order valence-electron chi connectivity index (χ4n) is 2.76. The molecule has 2 aliphatic heterocycles. The molecule has 2 unspecified atom stereocenters. The van der Waals surface area contributed by atoms with Gasteiger partial charge in [-0.2, -0.15) is 0 Å². The van der Waals surface area contributed by atoms with Gasteiger partial charge < -0.3 is 24.4 Å². The first-order valence-electron chi connectivity index (χ1n) is 7.07. The van der Waals surface area contributed by atoms with Crippen LogP contribution in [0.1, 0.15) is 5.56 Å². The monoisotopic (exact) mass is 292 g/mol. The third-order valence-electron chi connectivity index (χ3n) is 4.00. The highest BCUT2D eigenvalue weighted by Crippen LogP contribution is 2.32. The molecular weight excluding hydrogens is 272 g/mol. The molecule has 1 saturated heterocycles. The summed E-state index contributed by atoms with van der Waals surface area (Å²) >= 11 is 0. The minimum absolute atomic E-state index is 0.0942. The van der Waals surface area contributed by atoms with E-state index in [4.69, 9.17) is 14.2 Å². The largest absolute Gasteiger partial charge is 0.454 e. The van der Waals surface area contributed by atoms with Crippen LogP contribution in [-0.4, -0.2) is 51.0 Å². The smallest absolute Gasteiger partial charge is 0.231 e. The molecule has 0 saturated carbocycles. The van der Waals surface area contributed by atoms with Crippen molar-refractivity contribution in [3.8, 4) is 11.5 Å². The second-order valence-corrected chi connectivity index (χ2v) is 5.42. The summed E-state index contributed by atoms with van der Waals surface area (Å²) in [5.74, 6) is 1.48. The summed E-state index contributed by atoms with van der Waals surface area (Å²) in [6, 6.07) is 5.85. The predicted octanol–water partition coefficient (Wildman–Crippen LogP) is 0.608. The Morgan fingerprint density at radius 2 is 2.14 bits per heavy atom. The third kappa shape index (κ3) is 2.82. The van der Waals surface area contributed by atoms with E-state index in [0.717, 1.165) is 17.1 Å². The van der Waals surface area contributed by atoms with Crippen molar-refractivity contribution in [1.82, 2.24) is 10.2 Å². The van der Waals surface area contributed by atoms with Gasteiger partial charge in [-0.3, -0.25) is 4.79 Å². The van der Waals surface area contributed by atoms with Gasteiger partial charge in [-0.25, -0.2) is 0 Å². The standard InChI is InChI=1S/C15H20N2O4/c1-16-12-8-19-7-11(12)15(18)17(2)6-10-3-4-13-14(5-10)21-9-20-13/h3-5,11-12,16H,6-9H2,1-2H3. The molecule has 0 radical (unpaired) electrons. The quantitative estimate of drug-likeness (QED) is 0.881. The van der Waals surface area contributed by atoms with Crippen LogP contribution in [0.5, 0.6) is 11.5 Å². The minimum atomic E-state index is -0.117. The number of hydrogen-bond acceptors (Lipinski definition) is 5. The van der Waals surface area contributed by atoms with Crippen molar-refractivity contribution in [1.29, 1.82) is 0 Å². The van der Waals surface area contributed by atoms with Gasteiger partial charge in [0, 0.05) is 19.6 Å². The Kier molecular flexibility index (Phi) is 3.98. The lowest BCUT2D eigenvalue weighted by molar-refractivity contribution is -0.135. The zero-order valence-corrected chi connectivity index (χ0v) is 12.3. The van der Waals surface area contributed by atoms with Gasteiger partial charge in [0.1, 0.15) is 0 Å². The number of nitrogens with zero attached hydrogens (tertiary/aromatic N) is 1. The van der Waals surface area contributed by atoms with Gasteiger partial charge in [-0.15, -0.1) is 0 Å². The van der Waals surface area contributed by atoms with E-state index in [9.17, 15) is 4.79 Å². The number of amides is 1. The highest BCUT2D eigenvalue weighted by molar-refractivity contribution is 5.79. The SMILES string of the molecule is CNC1COCC1C(=O)N(C)Cc1ccc2c(c1)OCO2. The Balaban J connectivity index is 1.65. The molecule has 6 nitrogen and oxygen atoms in total. The molecule has 2 aliphatic rings. The van der Waals surface area contributed by atoms with Gasteiger partial charge in [0.25, 0.3) is 0 Å². The Labute approximate surface area is 124 Å². The van der Waals surface area contributed by atoms with Crippen molar-refractivity contribution in [2.75, 3.05) is 34.1 Å². The first-order valence-corrected chi connectivity index (χ1v) is 7.07. The van der Waals surface area contributed by atoms with Crippen molar-refractivity contribution >= 4 is 5.91 Å². The molecule has 1 fully saturated rings. The van der Waals surface area contributed by atoms with Crippen molar-refractivity contribution < 1.29 is 19.0 Å². The summed E-state index contributed by atoms with van der Waals surface area (Å²) in [4.78, 5) is 14.2. The first-order chi connectivity index (χ1) is 10.2. The maximum absolute atomic E-state index is 12.5. The molecule has 114 valence electrons. The van der Waals surface area contributed by atoms with Crippen molar-refractivity contribution in [3.63, 3.8) is 0 Å². The Bertz CT molecular complexity index is 534. The van der Waals surface area contributed by atoms with E-state index >= 15 is 0 Å². The highest BCUT2D eigenvalue weighted by atomic mass is 16.7. The fourth-order valence-corrected chi connectivity index (χ4v) is 2.76. The molecular formula is C15H20N2O4. The van der Waals surface area contributed by atoms with Crippen LogP contribution in [0, 0.1) is 5.92 Å². The van der Waals surface area contributed by atoms with Crippen LogP contribution >= 0.6 is 0 Å². The lowest BCUT2D eigenvalue weighted by Crippen LogP contribution is -2.43. The summed E-state index contributed by atoms with van der Waals surface area (Å²) in [5, 5.41) is 3.14. The van der Waals surface area contributed by atoms with E-state index in [1.165, 1.54) is 0 Å². The Morgan fingerprint density at radius 3 is 2.95 bits per heavy atom. The van der Waals surface area contributed by atoms with Gasteiger partial charge in [0.15, 0.2) is 11.5 Å². The average Bonchev–Trinajstić information content (AvgIpc) is 3.14. The zero-order chi connectivity index (χ0) is 14.8. The van der Waals surface area contributed by atoms with Crippen LogP contribution in [0.15, 0.2) is 18.2 Å². The molecule has 0 aromatic heterocycles. The third-order valence-corrected chi connectivity index (χ3v) is 4.00. The number of likely N-dealkylation sites (N-methyl/N-ethyl adjacent to an activating group) is 1. The van der Waals surface area contributed by atoms with Crippen LogP contribution < -0.4 is 14.8 Å². The molecule has 2 heterocycles. The number of rotatable bonds is 4. The molecule has 0 spiro atoms. The molecule has 1 amide bonds. The molecule has 6 heteroatoms. The van der Waals surface area contributed by atoms with E-state index < -0.39 is 0 Å². The molecule has 0 aliphatic carbocycles. The molecule has 1 aromatic rings. The predicted molar refractivity (Wildman–Crippen MR) is 76.2 cm³/mol. The van der Waals surface area contributed by atoms with Crippen molar-refractivity contribution in [2.24, 2.45) is 5.92 Å². The first kappa shape index (κ1) is 14.2. The maximum atomic E-state index is 12.5. The summed E-state index contributed by atoms with van der Waals surface area (Å²) < 4.78 is 16.0.